The topological polar surface area (TPSA) is 70.7 Å². The number of carbonyl (C=O) groups excluding carboxylic acids is 1. The number of halogens is 1. The van der Waals surface area contributed by atoms with Crippen molar-refractivity contribution in [1.82, 2.24) is 20.5 Å². The number of nitrogens with one attached hydrogen (secondary N) is 2. The molecule has 0 aliphatic carbocycles. The van der Waals surface area contributed by atoms with Gasteiger partial charge in [0.1, 0.15) is 5.82 Å². The molecule has 2 N–H and O–H groups in total. The number of aromatic nitrogens is 3. The summed E-state index contributed by atoms with van der Waals surface area (Å²) in [5, 5.41) is 9.61. The van der Waals surface area contributed by atoms with Crippen LogP contribution in [0.3, 0.4) is 0 Å². The lowest BCUT2D eigenvalue weighted by Crippen LogP contribution is -2.27. The van der Waals surface area contributed by atoms with Gasteiger partial charge in [-0.25, -0.2) is 4.98 Å². The van der Waals surface area contributed by atoms with Crippen molar-refractivity contribution in [2.24, 2.45) is 0 Å². The van der Waals surface area contributed by atoms with Gasteiger partial charge in [0.25, 0.3) is 5.91 Å². The van der Waals surface area contributed by atoms with E-state index in [0.717, 1.165) is 10.0 Å². The van der Waals surface area contributed by atoms with Gasteiger partial charge in [0.05, 0.1) is 6.04 Å². The lowest BCUT2D eigenvalue weighted by molar-refractivity contribution is 0.0929. The van der Waals surface area contributed by atoms with E-state index < -0.39 is 0 Å². The van der Waals surface area contributed by atoms with Gasteiger partial charge >= 0.3 is 0 Å². The van der Waals surface area contributed by atoms with E-state index in [1.54, 1.807) is 0 Å². The quantitative estimate of drug-likeness (QED) is 0.900. The first kappa shape index (κ1) is 14.7. The van der Waals surface area contributed by atoms with E-state index in [9.17, 15) is 4.79 Å². The zero-order valence-electron chi connectivity index (χ0n) is 11.6. The first-order valence-corrected chi connectivity index (χ1v) is 7.25. The van der Waals surface area contributed by atoms with Gasteiger partial charge in [-0.1, -0.05) is 41.9 Å². The number of benzene rings is 1. The maximum atomic E-state index is 12.1. The minimum atomic E-state index is -0.277. The molecule has 2 rings (SSSR count). The van der Waals surface area contributed by atoms with Crippen LogP contribution in [0.2, 0.25) is 0 Å². The van der Waals surface area contributed by atoms with Crippen LogP contribution in [-0.4, -0.2) is 21.1 Å². The normalized spacial score (nSPS) is 12.4. The monoisotopic (exact) mass is 336 g/mol. The second-order valence-electron chi connectivity index (χ2n) is 4.95. The summed E-state index contributed by atoms with van der Waals surface area (Å²) in [5.41, 5.74) is 1.02. The molecule has 0 aliphatic rings. The van der Waals surface area contributed by atoms with E-state index in [1.807, 2.05) is 45.0 Å². The highest BCUT2D eigenvalue weighted by molar-refractivity contribution is 9.10. The van der Waals surface area contributed by atoms with Gasteiger partial charge in [-0.15, -0.1) is 5.10 Å². The Morgan fingerprint density at radius 3 is 2.70 bits per heavy atom. The third-order valence-corrected chi connectivity index (χ3v) is 3.44. The minimum absolute atomic E-state index is 0.110. The summed E-state index contributed by atoms with van der Waals surface area (Å²) in [7, 11) is 0. The first-order valence-electron chi connectivity index (χ1n) is 6.46. The number of H-pyrrole nitrogens is 1. The average molecular weight is 337 g/mol. The second-order valence-corrected chi connectivity index (χ2v) is 5.86. The predicted octanol–water partition coefficient (Wildman–Crippen LogP) is 3.18. The van der Waals surface area contributed by atoms with E-state index in [1.165, 1.54) is 0 Å². The molecular weight excluding hydrogens is 320 g/mol. The molecule has 1 amide bonds. The van der Waals surface area contributed by atoms with Crippen LogP contribution in [0.1, 0.15) is 54.7 Å². The second kappa shape index (κ2) is 6.17. The average Bonchev–Trinajstić information content (AvgIpc) is 2.88. The van der Waals surface area contributed by atoms with E-state index in [-0.39, 0.29) is 23.7 Å². The molecule has 6 heteroatoms. The highest BCUT2D eigenvalue weighted by Gasteiger charge is 2.16. The van der Waals surface area contributed by atoms with Crippen LogP contribution in [0.25, 0.3) is 0 Å². The molecule has 106 valence electrons. The van der Waals surface area contributed by atoms with Crippen molar-refractivity contribution in [3.8, 4) is 0 Å². The molecule has 0 bridgehead atoms. The molecular formula is C14H17BrN4O. The standard InChI is InChI=1S/C14H17BrN4O/c1-8(2)12-17-13(19-18-12)14(20)16-9(3)10-5-4-6-11(15)7-10/h4-9H,1-3H3,(H,16,20)(H,17,18,19). The Bertz CT molecular complexity index is 609. The zero-order valence-corrected chi connectivity index (χ0v) is 13.2. The van der Waals surface area contributed by atoms with Crippen LogP contribution in [0, 0.1) is 0 Å². The van der Waals surface area contributed by atoms with Crippen LogP contribution in [0.5, 0.6) is 0 Å². The molecule has 5 nitrogen and oxygen atoms in total. The molecule has 1 aromatic carbocycles. The smallest absolute Gasteiger partial charge is 0.291 e. The summed E-state index contributed by atoms with van der Waals surface area (Å²) in [6, 6.07) is 7.71. The molecule has 0 saturated carbocycles. The molecule has 1 atom stereocenters. The number of nitrogens with zero attached hydrogens (tertiary/aromatic N) is 2. The van der Waals surface area contributed by atoms with Gasteiger partial charge in [-0.05, 0) is 24.6 Å². The Labute approximate surface area is 126 Å². The fourth-order valence-electron chi connectivity index (χ4n) is 1.75. The molecule has 0 aliphatic heterocycles. The Kier molecular flexibility index (Phi) is 4.54. The Morgan fingerprint density at radius 1 is 1.35 bits per heavy atom. The van der Waals surface area contributed by atoms with Crippen molar-refractivity contribution in [3.63, 3.8) is 0 Å². The van der Waals surface area contributed by atoms with Crippen molar-refractivity contribution < 1.29 is 4.79 Å². The first-order chi connectivity index (χ1) is 9.47. The van der Waals surface area contributed by atoms with Crippen LogP contribution >= 0.6 is 15.9 Å². The largest absolute Gasteiger partial charge is 0.343 e. The van der Waals surface area contributed by atoms with Gasteiger partial charge in [-0.2, -0.15) is 0 Å². The molecule has 1 heterocycles. The van der Waals surface area contributed by atoms with Crippen molar-refractivity contribution in [2.45, 2.75) is 32.7 Å². The maximum Gasteiger partial charge on any atom is 0.291 e. The van der Waals surface area contributed by atoms with Gasteiger partial charge in [0.15, 0.2) is 0 Å². The Balaban J connectivity index is 2.07. The predicted molar refractivity (Wildman–Crippen MR) is 80.5 cm³/mol. The number of aromatic amines is 1. The van der Waals surface area contributed by atoms with Crippen molar-refractivity contribution in [3.05, 3.63) is 46.0 Å². The van der Waals surface area contributed by atoms with E-state index in [0.29, 0.717) is 5.82 Å². The molecule has 0 fully saturated rings. The van der Waals surface area contributed by atoms with Crippen molar-refractivity contribution >= 4 is 21.8 Å². The third kappa shape index (κ3) is 3.45. The molecule has 1 unspecified atom stereocenters. The number of hydrogen-bond acceptors (Lipinski definition) is 3. The van der Waals surface area contributed by atoms with Gasteiger partial charge < -0.3 is 5.32 Å². The Morgan fingerprint density at radius 2 is 2.10 bits per heavy atom. The van der Waals surface area contributed by atoms with Crippen LogP contribution in [0.15, 0.2) is 28.7 Å². The van der Waals surface area contributed by atoms with E-state index >= 15 is 0 Å². The number of amides is 1. The highest BCUT2D eigenvalue weighted by atomic mass is 79.9. The zero-order chi connectivity index (χ0) is 14.7. The lowest BCUT2D eigenvalue weighted by Gasteiger charge is -2.13. The SMILES string of the molecule is CC(C)c1nc(C(=O)NC(C)c2cccc(Br)c2)n[nH]1. The number of rotatable bonds is 4. The van der Waals surface area contributed by atoms with Gasteiger partial charge in [0.2, 0.25) is 5.82 Å². The molecule has 20 heavy (non-hydrogen) atoms. The summed E-state index contributed by atoms with van der Waals surface area (Å²) in [6.45, 7) is 5.91. The minimum Gasteiger partial charge on any atom is -0.343 e. The van der Waals surface area contributed by atoms with Crippen LogP contribution in [-0.2, 0) is 0 Å². The van der Waals surface area contributed by atoms with E-state index in [4.69, 9.17) is 0 Å². The summed E-state index contributed by atoms with van der Waals surface area (Å²) in [5.74, 6) is 0.827. The summed E-state index contributed by atoms with van der Waals surface area (Å²) in [4.78, 5) is 16.3. The lowest BCUT2D eigenvalue weighted by atomic mass is 10.1. The summed E-state index contributed by atoms with van der Waals surface area (Å²) in [6.07, 6.45) is 0. The summed E-state index contributed by atoms with van der Waals surface area (Å²) >= 11 is 3.42. The maximum absolute atomic E-state index is 12.1. The van der Waals surface area contributed by atoms with Gasteiger partial charge in [0, 0.05) is 10.4 Å². The summed E-state index contributed by atoms with van der Waals surface area (Å²) < 4.78 is 0.982. The number of hydrogen-bond donors (Lipinski definition) is 2. The highest BCUT2D eigenvalue weighted by Crippen LogP contribution is 2.18. The fraction of sp³-hybridized carbons (Fsp3) is 0.357. The molecule has 0 spiro atoms. The Hall–Kier alpha value is -1.69. The van der Waals surface area contributed by atoms with Gasteiger partial charge in [-0.3, -0.25) is 9.89 Å². The molecule has 0 saturated heterocycles. The third-order valence-electron chi connectivity index (χ3n) is 2.95. The van der Waals surface area contributed by atoms with Crippen molar-refractivity contribution in [2.75, 3.05) is 0 Å². The fourth-order valence-corrected chi connectivity index (χ4v) is 2.17. The van der Waals surface area contributed by atoms with Crippen molar-refractivity contribution in [1.29, 1.82) is 0 Å². The molecule has 2 aromatic rings. The van der Waals surface area contributed by atoms with Crippen LogP contribution < -0.4 is 5.32 Å². The van der Waals surface area contributed by atoms with E-state index in [2.05, 4.69) is 36.4 Å². The number of carbonyl (C=O) groups is 1. The van der Waals surface area contributed by atoms with Crippen LogP contribution in [0.4, 0.5) is 0 Å². The molecule has 1 aromatic heterocycles. The molecule has 0 radical (unpaired) electrons.